The number of urea groups is 1. The number of carbonyl (C=O) groups is 2. The van der Waals surface area contributed by atoms with Crippen LogP contribution in [0.15, 0.2) is 30.3 Å². The van der Waals surface area contributed by atoms with Gasteiger partial charge in [0.25, 0.3) is 5.91 Å². The number of anilines is 1. The van der Waals surface area contributed by atoms with Gasteiger partial charge >= 0.3 is 6.03 Å². The van der Waals surface area contributed by atoms with Crippen molar-refractivity contribution < 1.29 is 18.0 Å². The molecule has 0 saturated carbocycles. The van der Waals surface area contributed by atoms with Crippen molar-refractivity contribution in [1.29, 1.82) is 0 Å². The number of hydrogen-bond donors (Lipinski definition) is 0. The Morgan fingerprint density at radius 2 is 1.83 bits per heavy atom. The molecule has 3 amide bonds. The first-order valence-corrected chi connectivity index (χ1v) is 9.24. The summed E-state index contributed by atoms with van der Waals surface area (Å²) < 4.78 is 25.6. The number of imide groups is 1. The van der Waals surface area contributed by atoms with Gasteiger partial charge < -0.3 is 4.90 Å². The average Bonchev–Trinajstić information content (AvgIpc) is 2.73. The second-order valence-electron chi connectivity index (χ2n) is 5.61. The molecule has 0 aromatic heterocycles. The van der Waals surface area contributed by atoms with Gasteiger partial charge in [-0.25, -0.2) is 18.1 Å². The van der Waals surface area contributed by atoms with Gasteiger partial charge in [0, 0.05) is 19.6 Å². The Bertz CT molecular complexity index is 719. The number of carbonyl (C=O) groups excluding carboxylic acids is 2. The summed E-state index contributed by atoms with van der Waals surface area (Å²) in [5, 5.41) is 0. The first-order chi connectivity index (χ1) is 11.0. The van der Waals surface area contributed by atoms with E-state index in [0.29, 0.717) is 25.2 Å². The quantitative estimate of drug-likeness (QED) is 0.767. The van der Waals surface area contributed by atoms with Gasteiger partial charge in [-0.1, -0.05) is 18.2 Å². The lowest BCUT2D eigenvalue weighted by Gasteiger charge is -2.22. The standard InChI is InChI=1S/C15H19N3O4S/c1-2-23(21,22)16-9-6-10-17-13(11-16)14(19)18(15(17)20)12-7-4-3-5-8-12/h3-5,7-8,13H,2,6,9-11H2,1H3. The summed E-state index contributed by atoms with van der Waals surface area (Å²) in [5.41, 5.74) is 0.514. The number of sulfonamides is 1. The van der Waals surface area contributed by atoms with E-state index < -0.39 is 16.1 Å². The highest BCUT2D eigenvalue weighted by molar-refractivity contribution is 7.89. The maximum Gasteiger partial charge on any atom is 0.332 e. The molecule has 1 unspecified atom stereocenters. The largest absolute Gasteiger partial charge is 0.332 e. The second kappa shape index (κ2) is 5.93. The van der Waals surface area contributed by atoms with Gasteiger partial charge in [0.15, 0.2) is 0 Å². The van der Waals surface area contributed by atoms with Crippen LogP contribution in [-0.4, -0.2) is 61.0 Å². The van der Waals surface area contributed by atoms with E-state index in [2.05, 4.69) is 0 Å². The van der Waals surface area contributed by atoms with E-state index in [-0.39, 0.29) is 24.2 Å². The van der Waals surface area contributed by atoms with Crippen LogP contribution in [0, 0.1) is 0 Å². The Hall–Kier alpha value is -1.93. The zero-order valence-corrected chi connectivity index (χ0v) is 13.7. The van der Waals surface area contributed by atoms with E-state index >= 15 is 0 Å². The zero-order chi connectivity index (χ0) is 16.6. The lowest BCUT2D eigenvalue weighted by molar-refractivity contribution is -0.119. The fourth-order valence-corrected chi connectivity index (χ4v) is 4.16. The molecule has 2 heterocycles. The number of amides is 3. The summed E-state index contributed by atoms with van der Waals surface area (Å²) in [6.45, 7) is 2.34. The summed E-state index contributed by atoms with van der Waals surface area (Å²) in [6, 6.07) is 7.60. The van der Waals surface area contributed by atoms with Crippen LogP contribution in [0.2, 0.25) is 0 Å². The Kier molecular flexibility index (Phi) is 4.11. The number of para-hydroxylation sites is 1. The van der Waals surface area contributed by atoms with E-state index in [1.165, 1.54) is 9.21 Å². The lowest BCUT2D eigenvalue weighted by Crippen LogP contribution is -2.44. The fraction of sp³-hybridized carbons (Fsp3) is 0.467. The second-order valence-corrected chi connectivity index (χ2v) is 7.87. The maximum atomic E-state index is 12.7. The Labute approximate surface area is 135 Å². The Balaban J connectivity index is 1.91. The molecular formula is C15H19N3O4S. The minimum absolute atomic E-state index is 0.00967. The average molecular weight is 337 g/mol. The predicted molar refractivity (Wildman–Crippen MR) is 85.5 cm³/mol. The van der Waals surface area contributed by atoms with Crippen molar-refractivity contribution in [3.8, 4) is 0 Å². The van der Waals surface area contributed by atoms with Gasteiger partial charge in [0.2, 0.25) is 10.0 Å². The van der Waals surface area contributed by atoms with Crippen LogP contribution in [0.3, 0.4) is 0 Å². The first-order valence-electron chi connectivity index (χ1n) is 7.63. The van der Waals surface area contributed by atoms with Crippen LogP contribution in [0.5, 0.6) is 0 Å². The van der Waals surface area contributed by atoms with Crippen molar-refractivity contribution in [2.75, 3.05) is 30.3 Å². The molecule has 2 aliphatic rings. The molecule has 0 N–H and O–H groups in total. The highest BCUT2D eigenvalue weighted by Crippen LogP contribution is 2.27. The Morgan fingerprint density at radius 1 is 1.13 bits per heavy atom. The maximum absolute atomic E-state index is 12.7. The van der Waals surface area contributed by atoms with Gasteiger partial charge in [0.05, 0.1) is 11.4 Å². The normalized spacial score (nSPS) is 23.1. The third-order valence-corrected chi connectivity index (χ3v) is 6.12. The number of hydrogen-bond acceptors (Lipinski definition) is 4. The number of benzene rings is 1. The van der Waals surface area contributed by atoms with E-state index in [1.54, 1.807) is 31.2 Å². The van der Waals surface area contributed by atoms with E-state index in [9.17, 15) is 18.0 Å². The topological polar surface area (TPSA) is 78.0 Å². The van der Waals surface area contributed by atoms with E-state index in [1.807, 2.05) is 6.07 Å². The van der Waals surface area contributed by atoms with Crippen molar-refractivity contribution in [2.24, 2.45) is 0 Å². The summed E-state index contributed by atoms with van der Waals surface area (Å²) in [5.74, 6) is -0.371. The lowest BCUT2D eigenvalue weighted by atomic mass is 10.2. The molecule has 7 nitrogen and oxygen atoms in total. The molecule has 23 heavy (non-hydrogen) atoms. The third-order valence-electron chi connectivity index (χ3n) is 4.27. The number of nitrogens with zero attached hydrogens (tertiary/aromatic N) is 3. The molecule has 0 spiro atoms. The van der Waals surface area contributed by atoms with Gasteiger partial charge in [-0.3, -0.25) is 4.79 Å². The molecule has 124 valence electrons. The summed E-state index contributed by atoms with van der Waals surface area (Å²) in [7, 11) is -3.38. The van der Waals surface area contributed by atoms with Crippen molar-refractivity contribution in [3.05, 3.63) is 30.3 Å². The monoisotopic (exact) mass is 337 g/mol. The molecule has 8 heteroatoms. The summed E-state index contributed by atoms with van der Waals surface area (Å²) in [6.07, 6.45) is 0.525. The van der Waals surface area contributed by atoms with Crippen LogP contribution >= 0.6 is 0 Å². The molecule has 1 aromatic rings. The molecule has 1 aromatic carbocycles. The molecule has 2 saturated heterocycles. The van der Waals surface area contributed by atoms with Crippen LogP contribution in [0.4, 0.5) is 10.5 Å². The van der Waals surface area contributed by atoms with Crippen molar-refractivity contribution in [3.63, 3.8) is 0 Å². The van der Waals surface area contributed by atoms with Gasteiger partial charge in [-0.05, 0) is 25.5 Å². The smallest absolute Gasteiger partial charge is 0.311 e. The van der Waals surface area contributed by atoms with Crippen molar-refractivity contribution in [1.82, 2.24) is 9.21 Å². The highest BCUT2D eigenvalue weighted by atomic mass is 32.2. The molecule has 0 aliphatic carbocycles. The van der Waals surface area contributed by atoms with Crippen molar-refractivity contribution in [2.45, 2.75) is 19.4 Å². The minimum Gasteiger partial charge on any atom is -0.311 e. The Morgan fingerprint density at radius 3 is 2.48 bits per heavy atom. The van der Waals surface area contributed by atoms with Crippen LogP contribution in [0.1, 0.15) is 13.3 Å². The van der Waals surface area contributed by atoms with E-state index in [4.69, 9.17) is 0 Å². The summed E-state index contributed by atoms with van der Waals surface area (Å²) in [4.78, 5) is 27.9. The number of rotatable bonds is 3. The highest BCUT2D eigenvalue weighted by Gasteiger charge is 2.48. The van der Waals surface area contributed by atoms with Gasteiger partial charge in [-0.15, -0.1) is 0 Å². The number of fused-ring (bicyclic) bond motifs is 1. The van der Waals surface area contributed by atoms with Crippen LogP contribution in [-0.2, 0) is 14.8 Å². The predicted octanol–water partition coefficient (Wildman–Crippen LogP) is 0.879. The van der Waals surface area contributed by atoms with Crippen molar-refractivity contribution >= 4 is 27.6 Å². The zero-order valence-electron chi connectivity index (χ0n) is 12.9. The third kappa shape index (κ3) is 2.72. The molecular weight excluding hydrogens is 318 g/mol. The van der Waals surface area contributed by atoms with Crippen LogP contribution in [0.25, 0.3) is 0 Å². The molecule has 2 fully saturated rings. The molecule has 0 radical (unpaired) electrons. The molecule has 0 bridgehead atoms. The fourth-order valence-electron chi connectivity index (χ4n) is 3.02. The first kappa shape index (κ1) is 15.9. The molecule has 3 rings (SSSR count). The van der Waals surface area contributed by atoms with Crippen LogP contribution < -0.4 is 4.90 Å². The summed E-state index contributed by atoms with van der Waals surface area (Å²) >= 11 is 0. The van der Waals surface area contributed by atoms with E-state index in [0.717, 1.165) is 4.90 Å². The van der Waals surface area contributed by atoms with Gasteiger partial charge in [0.1, 0.15) is 6.04 Å². The van der Waals surface area contributed by atoms with Gasteiger partial charge in [-0.2, -0.15) is 4.31 Å². The molecule has 1 atom stereocenters. The SMILES string of the molecule is CCS(=O)(=O)N1CCCN2C(=O)N(c3ccccc3)C(=O)C2C1. The minimum atomic E-state index is -3.38. The molecule has 2 aliphatic heterocycles.